The van der Waals surface area contributed by atoms with E-state index in [1.807, 2.05) is 0 Å². The van der Waals surface area contributed by atoms with Crippen LogP contribution >= 0.6 is 15.9 Å². The molecule has 1 atom stereocenters. The van der Waals surface area contributed by atoms with Gasteiger partial charge in [-0.3, -0.25) is 0 Å². The predicted octanol–water partition coefficient (Wildman–Crippen LogP) is 4.43. The first-order valence-corrected chi connectivity index (χ1v) is 6.26. The summed E-state index contributed by atoms with van der Waals surface area (Å²) in [5.41, 5.74) is 0.820. The maximum Gasteiger partial charge on any atom is 0.141 e. The minimum atomic E-state index is -0.503. The summed E-state index contributed by atoms with van der Waals surface area (Å²) in [5.74, 6) is 0.853. The van der Waals surface area contributed by atoms with Gasteiger partial charge in [-0.25, -0.2) is 4.39 Å². The third-order valence-electron chi connectivity index (χ3n) is 2.48. The lowest BCUT2D eigenvalue weighted by Crippen LogP contribution is -1.91. The quantitative estimate of drug-likeness (QED) is 0.908. The Balaban J connectivity index is 2.18. The number of benzene rings is 2. The zero-order chi connectivity index (χ0) is 13.1. The van der Waals surface area contributed by atoms with Crippen molar-refractivity contribution in [1.29, 1.82) is 0 Å². The minimum absolute atomic E-state index is 0.321. The van der Waals surface area contributed by atoms with E-state index in [9.17, 15) is 9.50 Å². The second-order valence-corrected chi connectivity index (χ2v) is 4.78. The standard InChI is InChI=1S/C14H12BrFO2/c1-9(17)10-2-5-12(6-3-10)18-14-7-4-11(16)8-13(14)15/h2-9,17H,1H3/t9-/m1/s1. The van der Waals surface area contributed by atoms with Crippen LogP contribution in [0.25, 0.3) is 0 Å². The van der Waals surface area contributed by atoms with Gasteiger partial charge in [0.25, 0.3) is 0 Å². The van der Waals surface area contributed by atoms with Crippen molar-refractivity contribution in [3.8, 4) is 11.5 Å². The lowest BCUT2D eigenvalue weighted by atomic mass is 10.1. The number of rotatable bonds is 3. The molecule has 1 N–H and O–H groups in total. The molecule has 94 valence electrons. The van der Waals surface area contributed by atoms with Crippen molar-refractivity contribution in [2.45, 2.75) is 13.0 Å². The highest BCUT2D eigenvalue weighted by Crippen LogP contribution is 2.30. The van der Waals surface area contributed by atoms with Gasteiger partial charge in [0.15, 0.2) is 0 Å². The van der Waals surface area contributed by atoms with Gasteiger partial charge in [0.1, 0.15) is 17.3 Å². The molecule has 0 aliphatic heterocycles. The van der Waals surface area contributed by atoms with Crippen LogP contribution in [0.3, 0.4) is 0 Å². The lowest BCUT2D eigenvalue weighted by Gasteiger charge is -2.09. The second-order valence-electron chi connectivity index (χ2n) is 3.92. The summed E-state index contributed by atoms with van der Waals surface area (Å²) >= 11 is 3.24. The first-order chi connectivity index (χ1) is 8.56. The normalized spacial score (nSPS) is 12.2. The van der Waals surface area contributed by atoms with Crippen LogP contribution in [-0.2, 0) is 0 Å². The number of ether oxygens (including phenoxy) is 1. The molecule has 0 aliphatic carbocycles. The van der Waals surface area contributed by atoms with Crippen LogP contribution in [0.2, 0.25) is 0 Å². The van der Waals surface area contributed by atoms with E-state index in [-0.39, 0.29) is 5.82 Å². The van der Waals surface area contributed by atoms with E-state index in [4.69, 9.17) is 4.74 Å². The van der Waals surface area contributed by atoms with E-state index in [2.05, 4.69) is 15.9 Å². The van der Waals surface area contributed by atoms with Crippen molar-refractivity contribution in [3.63, 3.8) is 0 Å². The summed E-state index contributed by atoms with van der Waals surface area (Å²) in [6, 6.07) is 11.3. The molecule has 2 nitrogen and oxygen atoms in total. The highest BCUT2D eigenvalue weighted by molar-refractivity contribution is 9.10. The smallest absolute Gasteiger partial charge is 0.141 e. The Kier molecular flexibility index (Phi) is 3.99. The van der Waals surface area contributed by atoms with Gasteiger partial charge in [0.2, 0.25) is 0 Å². The third kappa shape index (κ3) is 3.09. The molecule has 0 unspecified atom stereocenters. The highest BCUT2D eigenvalue weighted by atomic mass is 79.9. The Hall–Kier alpha value is -1.39. The van der Waals surface area contributed by atoms with Crippen molar-refractivity contribution in [2.75, 3.05) is 0 Å². The van der Waals surface area contributed by atoms with Crippen molar-refractivity contribution >= 4 is 15.9 Å². The number of aliphatic hydroxyl groups excluding tert-OH is 1. The fourth-order valence-electron chi connectivity index (χ4n) is 1.50. The Bertz CT molecular complexity index is 538. The number of hydrogen-bond donors (Lipinski definition) is 1. The molecule has 0 heterocycles. The summed E-state index contributed by atoms with van der Waals surface area (Å²) in [6.45, 7) is 1.70. The van der Waals surface area contributed by atoms with Gasteiger partial charge in [0.05, 0.1) is 10.6 Å². The first-order valence-electron chi connectivity index (χ1n) is 5.47. The molecule has 0 fully saturated rings. The molecule has 0 saturated carbocycles. The second kappa shape index (κ2) is 5.50. The maximum atomic E-state index is 12.9. The molecule has 0 aromatic heterocycles. The molecule has 0 amide bonds. The van der Waals surface area contributed by atoms with E-state index in [1.54, 1.807) is 37.3 Å². The number of hydrogen-bond acceptors (Lipinski definition) is 2. The zero-order valence-corrected chi connectivity index (χ0v) is 11.3. The summed E-state index contributed by atoms with van der Waals surface area (Å²) in [5, 5.41) is 9.39. The topological polar surface area (TPSA) is 29.5 Å². The SMILES string of the molecule is C[C@@H](O)c1ccc(Oc2ccc(F)cc2Br)cc1. The van der Waals surface area contributed by atoms with Gasteiger partial charge < -0.3 is 9.84 Å². The molecular weight excluding hydrogens is 299 g/mol. The van der Waals surface area contributed by atoms with Crippen LogP contribution in [0.1, 0.15) is 18.6 Å². The Morgan fingerprint density at radius 1 is 1.17 bits per heavy atom. The summed E-state index contributed by atoms with van der Waals surface area (Å²) in [4.78, 5) is 0. The summed E-state index contributed by atoms with van der Waals surface area (Å²) in [7, 11) is 0. The average Bonchev–Trinajstić information content (AvgIpc) is 2.33. The molecule has 2 rings (SSSR count). The van der Waals surface area contributed by atoms with Crippen molar-refractivity contribution < 1.29 is 14.2 Å². The molecule has 0 spiro atoms. The Morgan fingerprint density at radius 3 is 2.39 bits per heavy atom. The summed E-state index contributed by atoms with van der Waals surface area (Å²) < 4.78 is 19.1. The number of halogens is 2. The van der Waals surface area contributed by atoms with Crippen LogP contribution in [0.4, 0.5) is 4.39 Å². The molecular formula is C14H12BrFO2. The van der Waals surface area contributed by atoms with E-state index >= 15 is 0 Å². The minimum Gasteiger partial charge on any atom is -0.456 e. The van der Waals surface area contributed by atoms with Crippen LogP contribution in [0, 0.1) is 5.82 Å². The molecule has 18 heavy (non-hydrogen) atoms. The van der Waals surface area contributed by atoms with Gasteiger partial charge >= 0.3 is 0 Å². The highest BCUT2D eigenvalue weighted by Gasteiger charge is 2.05. The van der Waals surface area contributed by atoms with Gasteiger partial charge in [0, 0.05) is 0 Å². The van der Waals surface area contributed by atoms with Crippen LogP contribution in [0.15, 0.2) is 46.9 Å². The predicted molar refractivity (Wildman–Crippen MR) is 71.2 cm³/mol. The zero-order valence-electron chi connectivity index (χ0n) is 9.73. The van der Waals surface area contributed by atoms with Crippen molar-refractivity contribution in [3.05, 3.63) is 58.3 Å². The largest absolute Gasteiger partial charge is 0.456 e. The van der Waals surface area contributed by atoms with Crippen molar-refractivity contribution in [1.82, 2.24) is 0 Å². The van der Waals surface area contributed by atoms with Gasteiger partial charge in [-0.15, -0.1) is 0 Å². The van der Waals surface area contributed by atoms with Gasteiger partial charge in [-0.1, -0.05) is 12.1 Å². The maximum absolute atomic E-state index is 12.9. The van der Waals surface area contributed by atoms with Crippen LogP contribution < -0.4 is 4.74 Å². The fraction of sp³-hybridized carbons (Fsp3) is 0.143. The van der Waals surface area contributed by atoms with E-state index in [1.165, 1.54) is 12.1 Å². The van der Waals surface area contributed by atoms with Gasteiger partial charge in [-0.2, -0.15) is 0 Å². The Labute approximate surface area is 113 Å². The van der Waals surface area contributed by atoms with Crippen LogP contribution in [-0.4, -0.2) is 5.11 Å². The Morgan fingerprint density at radius 2 is 1.83 bits per heavy atom. The third-order valence-corrected chi connectivity index (χ3v) is 3.10. The fourth-order valence-corrected chi connectivity index (χ4v) is 1.93. The van der Waals surface area contributed by atoms with E-state index in [0.29, 0.717) is 16.0 Å². The molecule has 0 bridgehead atoms. The average molecular weight is 311 g/mol. The molecule has 0 radical (unpaired) electrons. The lowest BCUT2D eigenvalue weighted by molar-refractivity contribution is 0.199. The van der Waals surface area contributed by atoms with Crippen molar-refractivity contribution in [2.24, 2.45) is 0 Å². The van der Waals surface area contributed by atoms with E-state index in [0.717, 1.165) is 5.56 Å². The summed E-state index contributed by atoms with van der Waals surface area (Å²) in [6.07, 6.45) is -0.503. The molecule has 0 saturated heterocycles. The monoisotopic (exact) mass is 310 g/mol. The molecule has 2 aromatic rings. The van der Waals surface area contributed by atoms with E-state index < -0.39 is 6.10 Å². The molecule has 0 aliphatic rings. The van der Waals surface area contributed by atoms with Gasteiger partial charge in [-0.05, 0) is 58.7 Å². The van der Waals surface area contributed by atoms with Crippen LogP contribution in [0.5, 0.6) is 11.5 Å². The first kappa shape index (κ1) is 13.1. The molecule has 2 aromatic carbocycles. The number of aliphatic hydroxyl groups is 1. The molecule has 4 heteroatoms.